The maximum Gasteiger partial charge on any atom is 0.115 e. The molecule has 0 fully saturated rings. The van der Waals surface area contributed by atoms with E-state index in [0.29, 0.717) is 0 Å². The van der Waals surface area contributed by atoms with Gasteiger partial charge >= 0.3 is 0 Å². The first-order valence-electron chi connectivity index (χ1n) is 6.05. The molecule has 0 radical (unpaired) electrons. The Morgan fingerprint density at radius 3 is 2.69 bits per heavy atom. The molecule has 1 aromatic carbocycles. The van der Waals surface area contributed by atoms with Crippen LogP contribution < -0.4 is 0 Å². The molecule has 0 saturated heterocycles. The summed E-state index contributed by atoms with van der Waals surface area (Å²) in [5.41, 5.74) is 2.29. The summed E-state index contributed by atoms with van der Waals surface area (Å²) in [6, 6.07) is 8.11. The SMILES string of the molecule is CCCCC(O)C#Cc1ccccc1CC. The molecular formula is C15H20O. The van der Waals surface area contributed by atoms with Crippen molar-refractivity contribution in [3.63, 3.8) is 0 Å². The van der Waals surface area contributed by atoms with Crippen molar-refractivity contribution in [1.82, 2.24) is 0 Å². The van der Waals surface area contributed by atoms with Crippen LogP contribution in [0.15, 0.2) is 24.3 Å². The van der Waals surface area contributed by atoms with Crippen molar-refractivity contribution < 1.29 is 5.11 Å². The minimum absolute atomic E-state index is 0.482. The number of aliphatic hydroxyl groups excluding tert-OH is 1. The number of hydrogen-bond donors (Lipinski definition) is 1. The largest absolute Gasteiger partial charge is 0.380 e. The third-order valence-electron chi connectivity index (χ3n) is 2.60. The summed E-state index contributed by atoms with van der Waals surface area (Å²) in [4.78, 5) is 0. The second-order valence-corrected chi connectivity index (χ2v) is 3.94. The molecule has 0 spiro atoms. The lowest BCUT2D eigenvalue weighted by molar-refractivity contribution is 0.218. The molecule has 1 nitrogen and oxygen atoms in total. The minimum atomic E-state index is -0.482. The van der Waals surface area contributed by atoms with Crippen LogP contribution in [0.4, 0.5) is 0 Å². The zero-order chi connectivity index (χ0) is 11.8. The fourth-order valence-corrected chi connectivity index (χ4v) is 1.58. The van der Waals surface area contributed by atoms with Crippen molar-refractivity contribution >= 4 is 0 Å². The van der Waals surface area contributed by atoms with E-state index in [1.807, 2.05) is 18.2 Å². The first-order valence-corrected chi connectivity index (χ1v) is 6.05. The summed E-state index contributed by atoms with van der Waals surface area (Å²) in [7, 11) is 0. The predicted molar refractivity (Wildman–Crippen MR) is 68.2 cm³/mol. The van der Waals surface area contributed by atoms with Crippen molar-refractivity contribution in [3.8, 4) is 11.8 Å². The van der Waals surface area contributed by atoms with Gasteiger partial charge < -0.3 is 5.11 Å². The van der Waals surface area contributed by atoms with Crippen molar-refractivity contribution in [3.05, 3.63) is 35.4 Å². The number of benzene rings is 1. The molecule has 1 N–H and O–H groups in total. The van der Waals surface area contributed by atoms with Gasteiger partial charge in [-0.25, -0.2) is 0 Å². The molecule has 0 heterocycles. The van der Waals surface area contributed by atoms with Gasteiger partial charge in [0.1, 0.15) is 6.10 Å². The predicted octanol–water partition coefficient (Wildman–Crippen LogP) is 3.15. The quantitative estimate of drug-likeness (QED) is 0.767. The average molecular weight is 216 g/mol. The Morgan fingerprint density at radius 1 is 1.25 bits per heavy atom. The summed E-state index contributed by atoms with van der Waals surface area (Å²) in [5, 5.41) is 9.63. The fraction of sp³-hybridized carbons (Fsp3) is 0.467. The van der Waals surface area contributed by atoms with Gasteiger partial charge in [0.15, 0.2) is 0 Å². The van der Waals surface area contributed by atoms with Crippen molar-refractivity contribution in [1.29, 1.82) is 0 Å². The Labute approximate surface area is 98.5 Å². The van der Waals surface area contributed by atoms with E-state index in [1.165, 1.54) is 5.56 Å². The van der Waals surface area contributed by atoms with E-state index in [4.69, 9.17) is 0 Å². The Bertz CT molecular complexity index is 371. The molecule has 86 valence electrons. The standard InChI is InChI=1S/C15H20O/c1-3-5-10-15(16)12-11-14-9-7-6-8-13(14)4-2/h6-9,15-16H,3-5,10H2,1-2H3. The Kier molecular flexibility index (Phi) is 5.67. The molecule has 1 atom stereocenters. The minimum Gasteiger partial charge on any atom is -0.380 e. The lowest BCUT2D eigenvalue weighted by Crippen LogP contribution is -2.02. The van der Waals surface area contributed by atoms with E-state index in [-0.39, 0.29) is 0 Å². The number of aryl methyl sites for hydroxylation is 1. The first kappa shape index (κ1) is 12.8. The summed E-state index contributed by atoms with van der Waals surface area (Å²) in [6.45, 7) is 4.24. The number of hydrogen-bond acceptors (Lipinski definition) is 1. The molecule has 1 rings (SSSR count). The molecule has 0 aliphatic rings. The maximum atomic E-state index is 9.63. The van der Waals surface area contributed by atoms with Crippen LogP contribution in [-0.4, -0.2) is 11.2 Å². The highest BCUT2D eigenvalue weighted by molar-refractivity contribution is 5.41. The lowest BCUT2D eigenvalue weighted by atomic mass is 10.1. The normalized spacial score (nSPS) is 11.7. The van der Waals surface area contributed by atoms with Crippen LogP contribution >= 0.6 is 0 Å². The molecule has 1 aromatic rings. The fourth-order valence-electron chi connectivity index (χ4n) is 1.58. The molecule has 0 aliphatic carbocycles. The lowest BCUT2D eigenvalue weighted by Gasteiger charge is -2.02. The summed E-state index contributed by atoms with van der Waals surface area (Å²) in [6.07, 6.45) is 3.41. The number of unbranched alkanes of at least 4 members (excludes halogenated alkanes) is 1. The summed E-state index contributed by atoms with van der Waals surface area (Å²) in [5.74, 6) is 5.99. The summed E-state index contributed by atoms with van der Waals surface area (Å²) < 4.78 is 0. The van der Waals surface area contributed by atoms with Crippen LogP contribution in [0.25, 0.3) is 0 Å². The van der Waals surface area contributed by atoms with Crippen molar-refractivity contribution in [2.24, 2.45) is 0 Å². The van der Waals surface area contributed by atoms with Gasteiger partial charge in [-0.1, -0.05) is 56.7 Å². The van der Waals surface area contributed by atoms with Crippen LogP contribution in [0.2, 0.25) is 0 Å². The smallest absolute Gasteiger partial charge is 0.115 e. The average Bonchev–Trinajstić information content (AvgIpc) is 2.34. The van der Waals surface area contributed by atoms with Gasteiger partial charge in [0.25, 0.3) is 0 Å². The van der Waals surface area contributed by atoms with Gasteiger partial charge in [0.05, 0.1) is 0 Å². The molecule has 0 saturated carbocycles. The van der Waals surface area contributed by atoms with E-state index in [0.717, 1.165) is 31.2 Å². The van der Waals surface area contributed by atoms with Crippen LogP contribution in [0.5, 0.6) is 0 Å². The van der Waals surface area contributed by atoms with Crippen molar-refractivity contribution in [2.45, 2.75) is 45.6 Å². The molecule has 16 heavy (non-hydrogen) atoms. The zero-order valence-electron chi connectivity index (χ0n) is 10.2. The van der Waals surface area contributed by atoms with Crippen molar-refractivity contribution in [2.75, 3.05) is 0 Å². The highest BCUT2D eigenvalue weighted by Crippen LogP contribution is 2.08. The first-order chi connectivity index (χ1) is 7.77. The Morgan fingerprint density at radius 2 is 2.00 bits per heavy atom. The monoisotopic (exact) mass is 216 g/mol. The topological polar surface area (TPSA) is 20.2 Å². The second-order valence-electron chi connectivity index (χ2n) is 3.94. The van der Waals surface area contributed by atoms with Gasteiger partial charge in [0, 0.05) is 5.56 Å². The molecule has 1 heteroatoms. The Hall–Kier alpha value is -1.26. The van der Waals surface area contributed by atoms with Gasteiger partial charge in [-0.05, 0) is 24.5 Å². The second kappa shape index (κ2) is 7.09. The van der Waals surface area contributed by atoms with Gasteiger partial charge in [-0.15, -0.1) is 0 Å². The molecule has 0 bridgehead atoms. The van der Waals surface area contributed by atoms with Gasteiger partial charge in [0.2, 0.25) is 0 Å². The number of aliphatic hydroxyl groups is 1. The van der Waals surface area contributed by atoms with Gasteiger partial charge in [-0.2, -0.15) is 0 Å². The zero-order valence-corrected chi connectivity index (χ0v) is 10.2. The van der Waals surface area contributed by atoms with Crippen LogP contribution in [0, 0.1) is 11.8 Å². The van der Waals surface area contributed by atoms with Gasteiger partial charge in [-0.3, -0.25) is 0 Å². The van der Waals surface area contributed by atoms with E-state index in [2.05, 4.69) is 31.8 Å². The van der Waals surface area contributed by atoms with E-state index in [9.17, 15) is 5.11 Å². The number of rotatable bonds is 4. The third kappa shape index (κ3) is 4.08. The third-order valence-corrected chi connectivity index (χ3v) is 2.60. The van der Waals surface area contributed by atoms with E-state index >= 15 is 0 Å². The molecule has 0 aliphatic heterocycles. The molecule has 0 aromatic heterocycles. The maximum absolute atomic E-state index is 9.63. The Balaban J connectivity index is 2.68. The molecule has 1 unspecified atom stereocenters. The van der Waals surface area contributed by atoms with Crippen LogP contribution in [0.3, 0.4) is 0 Å². The summed E-state index contributed by atoms with van der Waals surface area (Å²) >= 11 is 0. The van der Waals surface area contributed by atoms with Crippen LogP contribution in [-0.2, 0) is 6.42 Å². The molecular weight excluding hydrogens is 196 g/mol. The van der Waals surface area contributed by atoms with Crippen LogP contribution in [0.1, 0.15) is 44.2 Å². The highest BCUT2D eigenvalue weighted by Gasteiger charge is 1.98. The highest BCUT2D eigenvalue weighted by atomic mass is 16.3. The van der Waals surface area contributed by atoms with E-state index < -0.39 is 6.10 Å². The molecule has 0 amide bonds. The van der Waals surface area contributed by atoms with E-state index in [1.54, 1.807) is 0 Å².